The van der Waals surface area contributed by atoms with Crippen molar-refractivity contribution < 1.29 is 11.3 Å². The molecule has 0 saturated heterocycles. The predicted octanol–water partition coefficient (Wildman–Crippen LogP) is 15.6. The van der Waals surface area contributed by atoms with Gasteiger partial charge in [0.25, 0.3) is 0 Å². The summed E-state index contributed by atoms with van der Waals surface area (Å²) in [5.74, 6) is 0.422. The third kappa shape index (κ3) is 5.80. The molecule has 0 atom stereocenters. The van der Waals surface area contributed by atoms with Crippen LogP contribution in [0.15, 0.2) is 211 Å². The van der Waals surface area contributed by atoms with E-state index in [1.807, 2.05) is 78.9 Å². The molecule has 9 aromatic carbocycles. The molecule has 0 fully saturated rings. The quantitative estimate of drug-likeness (QED) is 0.168. The fourth-order valence-corrected chi connectivity index (χ4v) is 10.3. The number of thiophene rings is 1. The number of rotatable bonds is 6. The molecule has 4 aromatic heterocycles. The van der Waals surface area contributed by atoms with Crippen LogP contribution in [0.5, 0.6) is 0 Å². The Morgan fingerprint density at radius 3 is 1.84 bits per heavy atom. The lowest BCUT2D eigenvalue weighted by Crippen LogP contribution is -2.01. The van der Waals surface area contributed by atoms with Crippen LogP contribution in [0.4, 0.5) is 0 Å². The molecule has 0 unspecified atom stereocenters. The van der Waals surface area contributed by atoms with Crippen LogP contribution in [0, 0.1) is 0 Å². The van der Waals surface area contributed by atoms with Gasteiger partial charge >= 0.3 is 0 Å². The zero-order valence-corrected chi connectivity index (χ0v) is 34.2. The fourth-order valence-electron chi connectivity index (χ4n) is 9.04. The Bertz CT molecular complexity index is 4140. The normalized spacial score (nSPS) is 12.9. The molecule has 0 N–H and O–H groups in total. The average Bonchev–Trinajstić information content (AvgIpc) is 4.07. The van der Waals surface area contributed by atoms with Gasteiger partial charge in [-0.1, -0.05) is 164 Å². The Balaban J connectivity index is 1.07. The Labute approximate surface area is 372 Å². The predicted molar refractivity (Wildman–Crippen MR) is 262 cm³/mol. The molecule has 0 bridgehead atoms. The van der Waals surface area contributed by atoms with Crippen molar-refractivity contribution in [3.05, 3.63) is 206 Å². The molecule has 0 radical (unpaired) electrons. The second kappa shape index (κ2) is 14.2. The molecule has 294 valence electrons. The van der Waals surface area contributed by atoms with E-state index in [1.165, 1.54) is 20.2 Å². The second-order valence-corrected chi connectivity index (χ2v) is 16.6. The van der Waals surface area contributed by atoms with Gasteiger partial charge in [0.1, 0.15) is 11.2 Å². The largest absolute Gasteiger partial charge is 0.455 e. The summed E-state index contributed by atoms with van der Waals surface area (Å²) in [5, 5.41) is 6.36. The van der Waals surface area contributed by atoms with Crippen molar-refractivity contribution >= 4 is 75.3 Å². The Morgan fingerprint density at radius 1 is 0.429 bits per heavy atom. The summed E-state index contributed by atoms with van der Waals surface area (Å²) in [5.41, 5.74) is 9.36. The van der Waals surface area contributed by atoms with Crippen LogP contribution in [0.3, 0.4) is 0 Å². The van der Waals surface area contributed by atoms with Gasteiger partial charge in [0, 0.05) is 58.5 Å². The number of furan rings is 1. The molecular weight excluding hydrogens is 789 g/mol. The number of fused-ring (bicyclic) bond motifs is 9. The van der Waals surface area contributed by atoms with Crippen LogP contribution in [0.2, 0.25) is 0 Å². The van der Waals surface area contributed by atoms with E-state index in [1.54, 1.807) is 11.3 Å². The third-order valence-corrected chi connectivity index (χ3v) is 13.2. The molecule has 63 heavy (non-hydrogen) atoms. The SMILES string of the molecule is [2H]c1c([2H])c([2H])c(-c2nc(-c3ccc(-c4cccc5c4sc4ccccc45)cc3)nc(-c3cc(-n4c5ccccc5c5ccccc54)cc4c3oc3ccc(-c5ccccc5)cc34)n2)c([2H])c1[2H]. The van der Waals surface area contributed by atoms with Gasteiger partial charge in [-0.05, 0) is 64.7 Å². The minimum atomic E-state index is -0.500. The van der Waals surface area contributed by atoms with E-state index < -0.39 is 30.2 Å². The molecule has 0 spiro atoms. The Kier molecular flexibility index (Phi) is 6.94. The summed E-state index contributed by atoms with van der Waals surface area (Å²) in [4.78, 5) is 15.1. The van der Waals surface area contributed by atoms with Crippen molar-refractivity contribution in [3.63, 3.8) is 0 Å². The van der Waals surface area contributed by atoms with Gasteiger partial charge in [0.2, 0.25) is 0 Å². The minimum Gasteiger partial charge on any atom is -0.455 e. The second-order valence-electron chi connectivity index (χ2n) is 15.6. The Morgan fingerprint density at radius 2 is 1.06 bits per heavy atom. The maximum Gasteiger partial charge on any atom is 0.167 e. The fraction of sp³-hybridized carbons (Fsp3) is 0. The van der Waals surface area contributed by atoms with Gasteiger partial charge in [0.05, 0.1) is 23.5 Å². The van der Waals surface area contributed by atoms with Crippen molar-refractivity contribution in [2.24, 2.45) is 0 Å². The summed E-state index contributed by atoms with van der Waals surface area (Å²) in [6.07, 6.45) is 0. The highest BCUT2D eigenvalue weighted by molar-refractivity contribution is 7.26. The van der Waals surface area contributed by atoms with Crippen molar-refractivity contribution in [2.45, 2.75) is 0 Å². The van der Waals surface area contributed by atoms with Crippen LogP contribution >= 0.6 is 11.3 Å². The summed E-state index contributed by atoms with van der Waals surface area (Å²) in [6, 6.07) is 57.8. The topological polar surface area (TPSA) is 56.7 Å². The number of para-hydroxylation sites is 2. The lowest BCUT2D eigenvalue weighted by atomic mass is 10.0. The number of aromatic nitrogens is 4. The van der Waals surface area contributed by atoms with Crippen LogP contribution in [-0.2, 0) is 0 Å². The first-order valence-electron chi connectivity index (χ1n) is 23.2. The smallest absolute Gasteiger partial charge is 0.167 e. The molecule has 0 aliphatic rings. The lowest BCUT2D eigenvalue weighted by molar-refractivity contribution is 0.669. The van der Waals surface area contributed by atoms with Crippen LogP contribution < -0.4 is 0 Å². The molecule has 0 aliphatic carbocycles. The van der Waals surface area contributed by atoms with Gasteiger partial charge in [-0.15, -0.1) is 11.3 Å². The Hall–Kier alpha value is -8.19. The van der Waals surface area contributed by atoms with Crippen LogP contribution in [0.1, 0.15) is 6.85 Å². The van der Waals surface area contributed by atoms with Gasteiger partial charge in [-0.3, -0.25) is 0 Å². The van der Waals surface area contributed by atoms with E-state index >= 15 is 0 Å². The molecule has 13 aromatic rings. The van der Waals surface area contributed by atoms with Crippen molar-refractivity contribution in [3.8, 4) is 62.1 Å². The van der Waals surface area contributed by atoms with E-state index in [0.717, 1.165) is 60.5 Å². The lowest BCUT2D eigenvalue weighted by Gasteiger charge is -2.13. The van der Waals surface area contributed by atoms with Crippen molar-refractivity contribution in [1.82, 2.24) is 19.5 Å². The number of benzene rings is 9. The van der Waals surface area contributed by atoms with Gasteiger partial charge < -0.3 is 8.98 Å². The molecule has 0 aliphatic heterocycles. The highest BCUT2D eigenvalue weighted by Gasteiger charge is 2.22. The highest BCUT2D eigenvalue weighted by atomic mass is 32.1. The maximum atomic E-state index is 9.04. The van der Waals surface area contributed by atoms with Gasteiger partial charge in [0.15, 0.2) is 17.5 Å². The molecule has 13 rings (SSSR count). The monoisotopic (exact) mass is 827 g/mol. The van der Waals surface area contributed by atoms with E-state index in [0.29, 0.717) is 22.3 Å². The zero-order chi connectivity index (χ0) is 45.8. The average molecular weight is 828 g/mol. The van der Waals surface area contributed by atoms with Crippen LogP contribution in [-0.4, -0.2) is 19.5 Å². The molecule has 6 heteroatoms. The van der Waals surface area contributed by atoms with E-state index in [9.17, 15) is 0 Å². The standard InChI is InChI=1S/C57H34N4OS/c1-3-14-35(15-4-1)39-30-31-51-46(32-39)47-33-40(61-49-23-10-7-18-42(49)43-19-8-11-24-50(43)61)34-48(53(47)62-51)57-59-55(37-16-5-2-6-17-37)58-56(60-57)38-28-26-36(27-29-38)41-21-13-22-45-44-20-9-12-25-52(44)63-54(41)45/h1-34H/i2D,5D,6D,16D,17D. The highest BCUT2D eigenvalue weighted by Crippen LogP contribution is 2.43. The molecular formula is C57H34N4OS. The first kappa shape index (κ1) is 30.8. The summed E-state index contributed by atoms with van der Waals surface area (Å²) in [6.45, 7) is 0. The van der Waals surface area contributed by atoms with Crippen molar-refractivity contribution in [1.29, 1.82) is 0 Å². The first-order valence-corrected chi connectivity index (χ1v) is 21.5. The third-order valence-electron chi connectivity index (χ3n) is 12.0. The summed E-state index contributed by atoms with van der Waals surface area (Å²) >= 11 is 1.77. The molecule has 5 nitrogen and oxygen atoms in total. The van der Waals surface area contributed by atoms with E-state index in [4.69, 9.17) is 26.2 Å². The molecule has 4 heterocycles. The van der Waals surface area contributed by atoms with E-state index in [2.05, 4.69) is 102 Å². The number of nitrogens with zero attached hydrogens (tertiary/aromatic N) is 4. The summed E-state index contributed by atoms with van der Waals surface area (Å²) < 4.78 is 55.2. The summed E-state index contributed by atoms with van der Waals surface area (Å²) in [7, 11) is 0. The van der Waals surface area contributed by atoms with Gasteiger partial charge in [-0.2, -0.15) is 0 Å². The van der Waals surface area contributed by atoms with Crippen LogP contribution in [0.25, 0.3) is 126 Å². The molecule has 0 saturated carbocycles. The van der Waals surface area contributed by atoms with Gasteiger partial charge in [-0.25, -0.2) is 15.0 Å². The molecule has 0 amide bonds. The van der Waals surface area contributed by atoms with Crippen molar-refractivity contribution in [2.75, 3.05) is 0 Å². The number of hydrogen-bond acceptors (Lipinski definition) is 5. The maximum absolute atomic E-state index is 9.04. The first-order chi connectivity index (χ1) is 33.3. The number of hydrogen-bond donors (Lipinski definition) is 0. The minimum absolute atomic E-state index is 0.0565. The zero-order valence-electron chi connectivity index (χ0n) is 38.3. The van der Waals surface area contributed by atoms with E-state index in [-0.39, 0.29) is 23.0 Å².